The highest BCUT2D eigenvalue weighted by Crippen LogP contribution is 2.25. The van der Waals surface area contributed by atoms with E-state index in [4.69, 9.17) is 23.2 Å². The molecule has 1 saturated heterocycles. The van der Waals surface area contributed by atoms with E-state index in [2.05, 4.69) is 14.9 Å². The van der Waals surface area contributed by atoms with Gasteiger partial charge in [-0.3, -0.25) is 4.79 Å². The Morgan fingerprint density at radius 1 is 0.931 bits per heavy atom. The van der Waals surface area contributed by atoms with E-state index < -0.39 is 0 Å². The number of rotatable bonds is 3. The van der Waals surface area contributed by atoms with Crippen LogP contribution >= 0.6 is 23.2 Å². The lowest BCUT2D eigenvalue weighted by Crippen LogP contribution is -2.49. The summed E-state index contributed by atoms with van der Waals surface area (Å²) in [7, 11) is 0. The third-order valence-corrected chi connectivity index (χ3v) is 5.39. The first kappa shape index (κ1) is 19.6. The minimum atomic E-state index is -0.287. The quantitative estimate of drug-likeness (QED) is 0.611. The predicted octanol–water partition coefficient (Wildman–Crippen LogP) is 4.55. The van der Waals surface area contributed by atoms with Crippen molar-refractivity contribution in [3.05, 3.63) is 76.3 Å². The lowest BCUT2D eigenvalue weighted by Gasteiger charge is -2.35. The zero-order chi connectivity index (χ0) is 20.4. The second-order valence-corrected chi connectivity index (χ2v) is 7.52. The summed E-state index contributed by atoms with van der Waals surface area (Å²) in [5.41, 5.74) is 1.99. The van der Waals surface area contributed by atoms with Crippen molar-refractivity contribution in [1.82, 2.24) is 14.9 Å². The number of amides is 1. The van der Waals surface area contributed by atoms with Crippen LogP contribution in [0.25, 0.3) is 11.3 Å². The van der Waals surface area contributed by atoms with E-state index in [0.717, 1.165) is 17.1 Å². The van der Waals surface area contributed by atoms with Gasteiger partial charge in [0, 0.05) is 42.8 Å². The number of hydrogen-bond acceptors (Lipinski definition) is 4. The number of hydrogen-bond donors (Lipinski definition) is 0. The molecule has 0 bridgehead atoms. The van der Waals surface area contributed by atoms with E-state index in [1.165, 1.54) is 18.5 Å². The SMILES string of the molecule is O=C(c1ccc(Cl)cc1Cl)N1CCN(c2cc(-c3ccc(F)cc3)ncn2)CC1. The molecule has 0 saturated carbocycles. The summed E-state index contributed by atoms with van der Waals surface area (Å²) in [4.78, 5) is 25.3. The maximum atomic E-state index is 13.2. The van der Waals surface area contributed by atoms with Crippen LogP contribution in [0.3, 0.4) is 0 Å². The van der Waals surface area contributed by atoms with Crippen LogP contribution in [-0.4, -0.2) is 47.0 Å². The standard InChI is InChI=1S/C21H17Cl2FN4O/c22-15-3-6-17(18(23)11-15)21(29)28-9-7-27(8-10-28)20-12-19(25-13-26-20)14-1-4-16(24)5-2-14/h1-6,11-13H,7-10H2. The number of halogens is 3. The van der Waals surface area contributed by atoms with Gasteiger partial charge in [0.1, 0.15) is 18.0 Å². The highest BCUT2D eigenvalue weighted by atomic mass is 35.5. The molecule has 0 radical (unpaired) electrons. The van der Waals surface area contributed by atoms with Gasteiger partial charge in [0.2, 0.25) is 0 Å². The summed E-state index contributed by atoms with van der Waals surface area (Å²) in [5, 5.41) is 0.849. The molecule has 0 spiro atoms. The van der Waals surface area contributed by atoms with Crippen LogP contribution < -0.4 is 4.90 Å². The highest BCUT2D eigenvalue weighted by molar-refractivity contribution is 6.36. The minimum absolute atomic E-state index is 0.110. The van der Waals surface area contributed by atoms with Gasteiger partial charge in [-0.25, -0.2) is 14.4 Å². The van der Waals surface area contributed by atoms with E-state index in [0.29, 0.717) is 41.8 Å². The van der Waals surface area contributed by atoms with Gasteiger partial charge in [-0.05, 0) is 42.5 Å². The topological polar surface area (TPSA) is 49.3 Å². The van der Waals surface area contributed by atoms with Gasteiger partial charge in [-0.2, -0.15) is 0 Å². The van der Waals surface area contributed by atoms with Crippen LogP contribution in [0.15, 0.2) is 54.9 Å². The third-order valence-electron chi connectivity index (χ3n) is 4.85. The van der Waals surface area contributed by atoms with Gasteiger partial charge in [-0.15, -0.1) is 0 Å². The number of nitrogens with zero attached hydrogens (tertiary/aromatic N) is 4. The molecule has 1 amide bonds. The van der Waals surface area contributed by atoms with E-state index in [1.807, 2.05) is 6.07 Å². The van der Waals surface area contributed by atoms with Crippen LogP contribution in [0.2, 0.25) is 10.0 Å². The van der Waals surface area contributed by atoms with Crippen LogP contribution in [0.4, 0.5) is 10.2 Å². The van der Waals surface area contributed by atoms with Crippen LogP contribution in [0.1, 0.15) is 10.4 Å². The van der Waals surface area contributed by atoms with Gasteiger partial charge in [0.05, 0.1) is 16.3 Å². The molecule has 0 unspecified atom stereocenters. The van der Waals surface area contributed by atoms with Crippen LogP contribution in [-0.2, 0) is 0 Å². The van der Waals surface area contributed by atoms with Gasteiger partial charge in [0.25, 0.3) is 5.91 Å². The summed E-state index contributed by atoms with van der Waals surface area (Å²) >= 11 is 12.1. The van der Waals surface area contributed by atoms with Crippen LogP contribution in [0, 0.1) is 5.82 Å². The number of anilines is 1. The molecular formula is C21H17Cl2FN4O. The molecular weight excluding hydrogens is 414 g/mol. The van der Waals surface area contributed by atoms with Gasteiger partial charge in [-0.1, -0.05) is 23.2 Å². The number of benzene rings is 2. The number of carbonyl (C=O) groups excluding carboxylic acids is 1. The molecule has 29 heavy (non-hydrogen) atoms. The molecule has 4 rings (SSSR count). The molecule has 2 aromatic carbocycles. The van der Waals surface area contributed by atoms with Crippen molar-refractivity contribution in [2.24, 2.45) is 0 Å². The van der Waals surface area contributed by atoms with Gasteiger partial charge < -0.3 is 9.80 Å². The molecule has 0 atom stereocenters. The van der Waals surface area contributed by atoms with E-state index in [9.17, 15) is 9.18 Å². The molecule has 148 valence electrons. The summed E-state index contributed by atoms with van der Waals surface area (Å²) in [6, 6.07) is 13.0. The summed E-state index contributed by atoms with van der Waals surface area (Å²) in [5.74, 6) is 0.376. The second-order valence-electron chi connectivity index (χ2n) is 6.67. The fourth-order valence-electron chi connectivity index (χ4n) is 3.27. The molecule has 1 fully saturated rings. The summed E-state index contributed by atoms with van der Waals surface area (Å²) in [6.07, 6.45) is 1.50. The van der Waals surface area contributed by atoms with Crippen molar-refractivity contribution in [2.75, 3.05) is 31.1 Å². The number of aromatic nitrogens is 2. The molecule has 1 aromatic heterocycles. The van der Waals surface area contributed by atoms with Crippen molar-refractivity contribution in [2.45, 2.75) is 0 Å². The number of carbonyl (C=O) groups is 1. The average Bonchev–Trinajstić information content (AvgIpc) is 2.74. The monoisotopic (exact) mass is 430 g/mol. The van der Waals surface area contributed by atoms with Crippen LogP contribution in [0.5, 0.6) is 0 Å². The molecule has 0 aliphatic carbocycles. The molecule has 0 N–H and O–H groups in total. The fraction of sp³-hybridized carbons (Fsp3) is 0.190. The Hall–Kier alpha value is -2.70. The lowest BCUT2D eigenvalue weighted by molar-refractivity contribution is 0.0746. The fourth-order valence-corrected chi connectivity index (χ4v) is 3.76. The average molecular weight is 431 g/mol. The molecule has 2 heterocycles. The smallest absolute Gasteiger partial charge is 0.255 e. The first-order chi connectivity index (χ1) is 14.0. The van der Waals surface area contributed by atoms with Crippen molar-refractivity contribution in [3.63, 3.8) is 0 Å². The van der Waals surface area contributed by atoms with Crippen molar-refractivity contribution in [1.29, 1.82) is 0 Å². The summed E-state index contributed by atoms with van der Waals surface area (Å²) in [6.45, 7) is 2.37. The zero-order valence-electron chi connectivity index (χ0n) is 15.4. The minimum Gasteiger partial charge on any atom is -0.353 e. The third kappa shape index (κ3) is 4.33. The molecule has 8 heteroatoms. The largest absolute Gasteiger partial charge is 0.353 e. The molecule has 1 aliphatic heterocycles. The Morgan fingerprint density at radius 2 is 1.66 bits per heavy atom. The van der Waals surface area contributed by atoms with Crippen molar-refractivity contribution < 1.29 is 9.18 Å². The van der Waals surface area contributed by atoms with E-state index >= 15 is 0 Å². The Morgan fingerprint density at radius 3 is 2.34 bits per heavy atom. The van der Waals surface area contributed by atoms with Gasteiger partial charge >= 0.3 is 0 Å². The Kier molecular flexibility index (Phi) is 5.65. The molecule has 5 nitrogen and oxygen atoms in total. The van der Waals surface area contributed by atoms with Gasteiger partial charge in [0.15, 0.2) is 0 Å². The maximum absolute atomic E-state index is 13.2. The first-order valence-electron chi connectivity index (χ1n) is 9.08. The summed E-state index contributed by atoms with van der Waals surface area (Å²) < 4.78 is 13.2. The molecule has 1 aliphatic rings. The predicted molar refractivity (Wildman–Crippen MR) is 112 cm³/mol. The number of piperazine rings is 1. The molecule has 3 aromatic rings. The Balaban J connectivity index is 1.45. The first-order valence-corrected chi connectivity index (χ1v) is 9.84. The van der Waals surface area contributed by atoms with E-state index in [1.54, 1.807) is 35.2 Å². The van der Waals surface area contributed by atoms with Crippen molar-refractivity contribution >= 4 is 34.9 Å². The normalized spacial score (nSPS) is 14.2. The van der Waals surface area contributed by atoms with E-state index in [-0.39, 0.29) is 11.7 Å². The Bertz CT molecular complexity index is 1040. The second kappa shape index (κ2) is 8.35. The van der Waals surface area contributed by atoms with Crippen molar-refractivity contribution in [3.8, 4) is 11.3 Å². The maximum Gasteiger partial charge on any atom is 0.255 e. The zero-order valence-corrected chi connectivity index (χ0v) is 16.9. The Labute approximate surface area is 177 Å². The highest BCUT2D eigenvalue weighted by Gasteiger charge is 2.24. The lowest BCUT2D eigenvalue weighted by atomic mass is 10.1.